The predicted octanol–water partition coefficient (Wildman–Crippen LogP) is 2.58. The van der Waals surface area contributed by atoms with Crippen LogP contribution in [0.4, 0.5) is 0 Å². The van der Waals surface area contributed by atoms with E-state index in [1.165, 1.54) is 6.08 Å². The van der Waals surface area contributed by atoms with Gasteiger partial charge in [0.2, 0.25) is 5.91 Å². The van der Waals surface area contributed by atoms with E-state index in [1.54, 1.807) is 18.2 Å². The maximum absolute atomic E-state index is 11.6. The molecule has 1 aromatic heterocycles. The molecule has 0 aliphatic rings. The topological polar surface area (TPSA) is 62.5 Å². The van der Waals surface area contributed by atoms with Gasteiger partial charge in [-0.05, 0) is 46.0 Å². The van der Waals surface area contributed by atoms with Crippen LogP contribution in [0.1, 0.15) is 26.0 Å². The number of rotatable bonds is 6. The number of halogens is 1. The van der Waals surface area contributed by atoms with E-state index in [1.807, 2.05) is 13.8 Å². The van der Waals surface area contributed by atoms with E-state index in [0.29, 0.717) is 23.4 Å². The molecule has 0 fully saturated rings. The molecule has 0 spiro atoms. The highest BCUT2D eigenvalue weighted by Gasteiger charge is 2.17. The fourth-order valence-electron chi connectivity index (χ4n) is 1.35. The number of nitrogens with one attached hydrogen (secondary N) is 1. The van der Waals surface area contributed by atoms with Crippen LogP contribution in [-0.4, -0.2) is 24.2 Å². The molecule has 0 radical (unpaired) electrons. The molecule has 1 heterocycles. The standard InChI is InChI=1S/C13H18BrNO3/c1-13(2,7-8-16)9-15-12(17)6-4-10-3-5-11(14)18-10/h3-6,16H,7-9H2,1-2H3,(H,15,17)/b6-4+. The Morgan fingerprint density at radius 1 is 1.56 bits per heavy atom. The van der Waals surface area contributed by atoms with Crippen molar-refractivity contribution in [1.29, 1.82) is 0 Å². The molecule has 0 aliphatic heterocycles. The maximum atomic E-state index is 11.6. The number of furan rings is 1. The second-order valence-electron chi connectivity index (χ2n) is 4.83. The van der Waals surface area contributed by atoms with Crippen LogP contribution in [0.25, 0.3) is 6.08 Å². The van der Waals surface area contributed by atoms with Gasteiger partial charge in [-0.1, -0.05) is 13.8 Å². The van der Waals surface area contributed by atoms with Gasteiger partial charge in [-0.3, -0.25) is 4.79 Å². The summed E-state index contributed by atoms with van der Waals surface area (Å²) in [5.41, 5.74) is -0.105. The Hall–Kier alpha value is -1.07. The van der Waals surface area contributed by atoms with Gasteiger partial charge in [0.1, 0.15) is 5.76 Å². The summed E-state index contributed by atoms with van der Waals surface area (Å²) in [4.78, 5) is 11.6. The van der Waals surface area contributed by atoms with Gasteiger partial charge in [0.15, 0.2) is 4.67 Å². The number of hydrogen-bond donors (Lipinski definition) is 2. The van der Waals surface area contributed by atoms with Gasteiger partial charge in [-0.25, -0.2) is 0 Å². The third-order valence-corrected chi connectivity index (χ3v) is 2.95. The number of aliphatic hydroxyl groups excluding tert-OH is 1. The first-order chi connectivity index (χ1) is 8.43. The van der Waals surface area contributed by atoms with Gasteiger partial charge < -0.3 is 14.8 Å². The molecule has 0 bridgehead atoms. The summed E-state index contributed by atoms with van der Waals surface area (Å²) in [6, 6.07) is 3.53. The van der Waals surface area contributed by atoms with Crippen LogP contribution < -0.4 is 5.32 Å². The van der Waals surface area contributed by atoms with Crippen molar-refractivity contribution in [2.45, 2.75) is 20.3 Å². The monoisotopic (exact) mass is 315 g/mol. The molecule has 0 saturated carbocycles. The van der Waals surface area contributed by atoms with Gasteiger partial charge >= 0.3 is 0 Å². The van der Waals surface area contributed by atoms with Crippen LogP contribution in [0.3, 0.4) is 0 Å². The Morgan fingerprint density at radius 3 is 2.83 bits per heavy atom. The Bertz CT molecular complexity index is 424. The fourth-order valence-corrected chi connectivity index (χ4v) is 1.67. The van der Waals surface area contributed by atoms with Crippen LogP contribution in [0, 0.1) is 5.41 Å². The van der Waals surface area contributed by atoms with Crippen LogP contribution >= 0.6 is 15.9 Å². The number of carbonyl (C=O) groups excluding carboxylic acids is 1. The van der Waals surface area contributed by atoms with Gasteiger partial charge in [-0.15, -0.1) is 0 Å². The minimum atomic E-state index is -0.173. The second kappa shape index (κ2) is 6.75. The molecular weight excluding hydrogens is 298 g/mol. The van der Waals surface area contributed by atoms with Crippen LogP contribution in [0.15, 0.2) is 27.3 Å². The van der Waals surface area contributed by atoms with E-state index in [2.05, 4.69) is 21.2 Å². The van der Waals surface area contributed by atoms with Crippen molar-refractivity contribution in [2.75, 3.05) is 13.2 Å². The molecule has 5 heteroatoms. The molecule has 0 aliphatic carbocycles. The van der Waals surface area contributed by atoms with Crippen molar-refractivity contribution in [2.24, 2.45) is 5.41 Å². The van der Waals surface area contributed by atoms with Crippen molar-refractivity contribution >= 4 is 27.9 Å². The lowest BCUT2D eigenvalue weighted by Crippen LogP contribution is -2.33. The Kier molecular flexibility index (Phi) is 5.62. The van der Waals surface area contributed by atoms with Crippen molar-refractivity contribution in [3.8, 4) is 0 Å². The summed E-state index contributed by atoms with van der Waals surface area (Å²) in [6.07, 6.45) is 3.70. The summed E-state index contributed by atoms with van der Waals surface area (Å²) >= 11 is 3.19. The molecule has 1 amide bonds. The molecule has 1 rings (SSSR count). The average Bonchev–Trinajstić information content (AvgIpc) is 2.70. The van der Waals surface area contributed by atoms with Gasteiger partial charge in [0, 0.05) is 19.2 Å². The molecule has 0 unspecified atom stereocenters. The normalized spacial score (nSPS) is 12.0. The molecule has 4 nitrogen and oxygen atoms in total. The molecule has 0 saturated heterocycles. The molecular formula is C13H18BrNO3. The maximum Gasteiger partial charge on any atom is 0.244 e. The molecule has 18 heavy (non-hydrogen) atoms. The van der Waals surface area contributed by atoms with Gasteiger partial charge in [0.25, 0.3) is 0 Å². The zero-order chi connectivity index (χ0) is 13.6. The van der Waals surface area contributed by atoms with Crippen LogP contribution in [-0.2, 0) is 4.79 Å². The van der Waals surface area contributed by atoms with Gasteiger partial charge in [-0.2, -0.15) is 0 Å². The highest BCUT2D eigenvalue weighted by atomic mass is 79.9. The van der Waals surface area contributed by atoms with E-state index >= 15 is 0 Å². The third kappa shape index (κ3) is 5.51. The highest BCUT2D eigenvalue weighted by Crippen LogP contribution is 2.18. The molecule has 1 aromatic rings. The molecule has 0 aromatic carbocycles. The zero-order valence-electron chi connectivity index (χ0n) is 10.6. The number of hydrogen-bond acceptors (Lipinski definition) is 3. The van der Waals surface area contributed by atoms with E-state index in [0.717, 1.165) is 0 Å². The van der Waals surface area contributed by atoms with E-state index in [4.69, 9.17) is 9.52 Å². The van der Waals surface area contributed by atoms with E-state index in [9.17, 15) is 4.79 Å². The Labute approximate surface area is 115 Å². The highest BCUT2D eigenvalue weighted by molar-refractivity contribution is 9.10. The molecule has 0 atom stereocenters. The third-order valence-electron chi connectivity index (χ3n) is 2.52. The predicted molar refractivity (Wildman–Crippen MR) is 73.9 cm³/mol. The first kappa shape index (κ1) is 15.0. The first-order valence-electron chi connectivity index (χ1n) is 5.75. The number of carbonyl (C=O) groups is 1. The first-order valence-corrected chi connectivity index (χ1v) is 6.54. The van der Waals surface area contributed by atoms with E-state index in [-0.39, 0.29) is 17.9 Å². The fraction of sp³-hybridized carbons (Fsp3) is 0.462. The lowest BCUT2D eigenvalue weighted by molar-refractivity contribution is -0.116. The van der Waals surface area contributed by atoms with Crippen molar-refractivity contribution in [1.82, 2.24) is 5.32 Å². The van der Waals surface area contributed by atoms with Crippen molar-refractivity contribution < 1.29 is 14.3 Å². The number of amides is 1. The lowest BCUT2D eigenvalue weighted by Gasteiger charge is -2.23. The minimum Gasteiger partial charge on any atom is -0.450 e. The SMILES string of the molecule is CC(C)(CCO)CNC(=O)/C=C/c1ccc(Br)o1. The lowest BCUT2D eigenvalue weighted by atomic mass is 9.90. The van der Waals surface area contributed by atoms with Crippen LogP contribution in [0.5, 0.6) is 0 Å². The van der Waals surface area contributed by atoms with E-state index < -0.39 is 0 Å². The van der Waals surface area contributed by atoms with Crippen molar-refractivity contribution in [3.05, 3.63) is 28.6 Å². The summed E-state index contributed by atoms with van der Waals surface area (Å²) in [7, 11) is 0. The molecule has 100 valence electrons. The largest absolute Gasteiger partial charge is 0.450 e. The summed E-state index contributed by atoms with van der Waals surface area (Å²) in [5.74, 6) is 0.445. The summed E-state index contributed by atoms with van der Waals surface area (Å²) < 4.78 is 5.87. The quantitative estimate of drug-likeness (QED) is 0.793. The average molecular weight is 316 g/mol. The Morgan fingerprint density at radius 2 is 2.28 bits per heavy atom. The molecule has 2 N–H and O–H groups in total. The number of aliphatic hydroxyl groups is 1. The zero-order valence-corrected chi connectivity index (χ0v) is 12.2. The minimum absolute atomic E-state index is 0.105. The summed E-state index contributed by atoms with van der Waals surface area (Å²) in [6.45, 7) is 4.64. The summed E-state index contributed by atoms with van der Waals surface area (Å²) in [5, 5.41) is 11.7. The smallest absolute Gasteiger partial charge is 0.244 e. The van der Waals surface area contributed by atoms with Crippen LogP contribution in [0.2, 0.25) is 0 Å². The van der Waals surface area contributed by atoms with Crippen molar-refractivity contribution in [3.63, 3.8) is 0 Å². The van der Waals surface area contributed by atoms with Gasteiger partial charge in [0.05, 0.1) is 0 Å². The Balaban J connectivity index is 2.40. The second-order valence-corrected chi connectivity index (χ2v) is 5.61.